The Morgan fingerprint density at radius 2 is 2.06 bits per heavy atom. The third kappa shape index (κ3) is 2.98. The van der Waals surface area contributed by atoms with Crippen LogP contribution in [0.4, 0.5) is 18.9 Å². The highest BCUT2D eigenvalue weighted by atomic mass is 79.9. The summed E-state index contributed by atoms with van der Waals surface area (Å²) in [6.07, 6.45) is -3.59. The van der Waals surface area contributed by atoms with Crippen molar-refractivity contribution in [3.05, 3.63) is 28.2 Å². The van der Waals surface area contributed by atoms with Gasteiger partial charge in [-0.2, -0.15) is 13.2 Å². The second kappa shape index (κ2) is 5.09. The van der Waals surface area contributed by atoms with Gasteiger partial charge in [-0.3, -0.25) is 0 Å². The van der Waals surface area contributed by atoms with Crippen LogP contribution in [0.2, 0.25) is 0 Å². The van der Waals surface area contributed by atoms with Crippen molar-refractivity contribution in [1.29, 1.82) is 0 Å². The molecule has 1 heterocycles. The van der Waals surface area contributed by atoms with Crippen molar-refractivity contribution in [3.63, 3.8) is 0 Å². The molecule has 1 N–H and O–H groups in total. The Bertz CT molecular complexity index is 436. The smallest absolute Gasteiger partial charge is 0.391 e. The summed E-state index contributed by atoms with van der Waals surface area (Å²) >= 11 is 3.06. The van der Waals surface area contributed by atoms with E-state index in [-0.39, 0.29) is 12.2 Å². The van der Waals surface area contributed by atoms with E-state index in [1.807, 2.05) is 0 Å². The van der Waals surface area contributed by atoms with Gasteiger partial charge in [0.15, 0.2) is 0 Å². The number of β-amino-alcohol motifs (C(OH)–C–C–N with tert-alkyl or cyclic N) is 1. The average molecular weight is 324 g/mol. The first-order valence-electron chi connectivity index (χ1n) is 5.67. The van der Waals surface area contributed by atoms with Gasteiger partial charge in [0.1, 0.15) is 0 Å². The Balaban J connectivity index is 2.37. The largest absolute Gasteiger partial charge is 0.418 e. The quantitative estimate of drug-likeness (QED) is 0.856. The normalized spacial score (nSPS) is 21.2. The number of anilines is 1. The molecule has 0 amide bonds. The van der Waals surface area contributed by atoms with Crippen molar-refractivity contribution >= 4 is 21.6 Å². The predicted molar refractivity (Wildman–Crippen MR) is 66.6 cm³/mol. The lowest BCUT2D eigenvalue weighted by Crippen LogP contribution is -2.39. The Hall–Kier alpha value is -0.750. The van der Waals surface area contributed by atoms with Crippen molar-refractivity contribution in [2.24, 2.45) is 0 Å². The molecule has 2 rings (SSSR count). The molecule has 0 spiro atoms. The highest BCUT2D eigenvalue weighted by molar-refractivity contribution is 9.10. The van der Waals surface area contributed by atoms with E-state index in [0.29, 0.717) is 23.9 Å². The first kappa shape index (κ1) is 13.7. The molecule has 1 aliphatic rings. The van der Waals surface area contributed by atoms with Crippen LogP contribution in [0.5, 0.6) is 0 Å². The Labute approximate surface area is 112 Å². The molecule has 18 heavy (non-hydrogen) atoms. The second-order valence-corrected chi connectivity index (χ2v) is 5.32. The topological polar surface area (TPSA) is 23.5 Å². The minimum Gasteiger partial charge on any atom is -0.391 e. The first-order chi connectivity index (χ1) is 8.38. The van der Waals surface area contributed by atoms with E-state index in [1.54, 1.807) is 11.0 Å². The zero-order chi connectivity index (χ0) is 13.3. The van der Waals surface area contributed by atoms with E-state index in [1.165, 1.54) is 6.07 Å². The molecule has 2 nitrogen and oxygen atoms in total. The lowest BCUT2D eigenvalue weighted by molar-refractivity contribution is -0.137. The molecule has 1 atom stereocenters. The van der Waals surface area contributed by atoms with Gasteiger partial charge in [-0.05, 0) is 31.0 Å². The Morgan fingerprint density at radius 3 is 2.67 bits per heavy atom. The minimum atomic E-state index is -4.39. The molecule has 100 valence electrons. The van der Waals surface area contributed by atoms with Crippen LogP contribution in [0.1, 0.15) is 18.4 Å². The van der Waals surface area contributed by atoms with Crippen LogP contribution in [0.25, 0.3) is 0 Å². The van der Waals surface area contributed by atoms with Crippen LogP contribution in [0, 0.1) is 0 Å². The van der Waals surface area contributed by atoms with Gasteiger partial charge in [-0.1, -0.05) is 15.9 Å². The number of nitrogens with zero attached hydrogens (tertiary/aromatic N) is 1. The number of hydrogen-bond donors (Lipinski definition) is 1. The number of aliphatic hydroxyl groups excluding tert-OH is 1. The maximum absolute atomic E-state index is 13.0. The average Bonchev–Trinajstić information content (AvgIpc) is 2.27. The van der Waals surface area contributed by atoms with E-state index in [4.69, 9.17) is 0 Å². The van der Waals surface area contributed by atoms with Crippen LogP contribution in [0.15, 0.2) is 22.7 Å². The molecule has 0 aliphatic carbocycles. The van der Waals surface area contributed by atoms with Gasteiger partial charge >= 0.3 is 6.18 Å². The maximum Gasteiger partial charge on any atom is 0.418 e. The summed E-state index contributed by atoms with van der Waals surface area (Å²) in [4.78, 5) is 1.60. The molecule has 0 radical (unpaired) electrons. The molecule has 1 aromatic carbocycles. The summed E-state index contributed by atoms with van der Waals surface area (Å²) in [5, 5.41) is 9.56. The monoisotopic (exact) mass is 323 g/mol. The first-order valence-corrected chi connectivity index (χ1v) is 6.47. The standard InChI is InChI=1S/C12H13BrF3NO/c13-8-3-4-11(10(6-8)12(14,15)16)17-5-1-2-9(18)7-17/h3-4,6,9,18H,1-2,5,7H2/t9-/m0/s1. The minimum absolute atomic E-state index is 0.143. The van der Waals surface area contributed by atoms with E-state index < -0.39 is 17.8 Å². The highest BCUT2D eigenvalue weighted by Gasteiger charge is 2.35. The maximum atomic E-state index is 13.0. The summed E-state index contributed by atoms with van der Waals surface area (Å²) < 4.78 is 39.3. The SMILES string of the molecule is O[C@H]1CCCN(c2ccc(Br)cc2C(F)(F)F)C1. The van der Waals surface area contributed by atoms with Crippen molar-refractivity contribution < 1.29 is 18.3 Å². The fraction of sp³-hybridized carbons (Fsp3) is 0.500. The summed E-state index contributed by atoms with van der Waals surface area (Å²) in [5.41, 5.74) is -0.518. The molecule has 1 aromatic rings. The lowest BCUT2D eigenvalue weighted by Gasteiger charge is -2.33. The van der Waals surface area contributed by atoms with E-state index >= 15 is 0 Å². The molecule has 1 saturated heterocycles. The number of aliphatic hydroxyl groups is 1. The van der Waals surface area contributed by atoms with E-state index in [9.17, 15) is 18.3 Å². The molecule has 1 aliphatic heterocycles. The van der Waals surface area contributed by atoms with Gasteiger partial charge in [0.2, 0.25) is 0 Å². The summed E-state index contributed by atoms with van der Waals surface area (Å²) in [7, 11) is 0. The van der Waals surface area contributed by atoms with Crippen molar-refractivity contribution in [2.75, 3.05) is 18.0 Å². The fourth-order valence-electron chi connectivity index (χ4n) is 2.18. The molecule has 6 heteroatoms. The number of rotatable bonds is 1. The molecular formula is C12H13BrF3NO. The molecular weight excluding hydrogens is 311 g/mol. The van der Waals surface area contributed by atoms with E-state index in [0.717, 1.165) is 6.07 Å². The van der Waals surface area contributed by atoms with Gasteiger partial charge in [-0.15, -0.1) is 0 Å². The number of alkyl halides is 3. The van der Waals surface area contributed by atoms with Crippen molar-refractivity contribution in [2.45, 2.75) is 25.1 Å². The zero-order valence-electron chi connectivity index (χ0n) is 9.54. The summed E-state index contributed by atoms with van der Waals surface area (Å²) in [6.45, 7) is 0.798. The zero-order valence-corrected chi connectivity index (χ0v) is 11.1. The lowest BCUT2D eigenvalue weighted by atomic mass is 10.1. The van der Waals surface area contributed by atoms with Crippen molar-refractivity contribution in [1.82, 2.24) is 0 Å². The van der Waals surface area contributed by atoms with Crippen LogP contribution < -0.4 is 4.90 Å². The van der Waals surface area contributed by atoms with Gasteiger partial charge in [0.25, 0.3) is 0 Å². The predicted octanol–water partition coefficient (Wildman–Crippen LogP) is 3.43. The van der Waals surface area contributed by atoms with Gasteiger partial charge in [0, 0.05) is 23.2 Å². The molecule has 0 bridgehead atoms. The van der Waals surface area contributed by atoms with Crippen LogP contribution >= 0.6 is 15.9 Å². The highest BCUT2D eigenvalue weighted by Crippen LogP contribution is 2.39. The Kier molecular flexibility index (Phi) is 3.87. The van der Waals surface area contributed by atoms with Crippen molar-refractivity contribution in [3.8, 4) is 0 Å². The number of piperidine rings is 1. The summed E-state index contributed by atoms with van der Waals surface area (Å²) in [6, 6.07) is 4.12. The van der Waals surface area contributed by atoms with Gasteiger partial charge < -0.3 is 10.0 Å². The fourth-order valence-corrected chi connectivity index (χ4v) is 2.55. The molecule has 0 unspecified atom stereocenters. The third-order valence-electron chi connectivity index (χ3n) is 3.00. The summed E-state index contributed by atoms with van der Waals surface area (Å²) in [5.74, 6) is 0. The molecule has 0 aromatic heterocycles. The molecule has 0 saturated carbocycles. The van der Waals surface area contributed by atoms with Gasteiger partial charge in [0.05, 0.1) is 11.7 Å². The van der Waals surface area contributed by atoms with Gasteiger partial charge in [-0.25, -0.2) is 0 Å². The number of hydrogen-bond acceptors (Lipinski definition) is 2. The van der Waals surface area contributed by atoms with Crippen LogP contribution in [-0.2, 0) is 6.18 Å². The number of halogens is 4. The number of benzene rings is 1. The molecule has 1 fully saturated rings. The van der Waals surface area contributed by atoms with Crippen LogP contribution in [-0.4, -0.2) is 24.3 Å². The third-order valence-corrected chi connectivity index (χ3v) is 3.49. The second-order valence-electron chi connectivity index (χ2n) is 4.40. The Morgan fingerprint density at radius 1 is 1.33 bits per heavy atom. The van der Waals surface area contributed by atoms with E-state index in [2.05, 4.69) is 15.9 Å². The van der Waals surface area contributed by atoms with Crippen LogP contribution in [0.3, 0.4) is 0 Å².